The van der Waals surface area contributed by atoms with E-state index in [4.69, 9.17) is 9.73 Å². The van der Waals surface area contributed by atoms with Crippen molar-refractivity contribution in [2.75, 3.05) is 20.2 Å². The Labute approximate surface area is 200 Å². The highest BCUT2D eigenvalue weighted by atomic mass is 32.2. The summed E-state index contributed by atoms with van der Waals surface area (Å²) in [6.45, 7) is 10.0. The number of carbonyl (C=O) groups is 2. The number of hydrogen-bond donors (Lipinski definition) is 0. The Balaban J connectivity index is 1.72. The van der Waals surface area contributed by atoms with Crippen molar-refractivity contribution in [1.82, 2.24) is 9.80 Å². The molecule has 1 aromatic carbocycles. The molecule has 3 aliphatic rings. The third kappa shape index (κ3) is 4.60. The number of nitrogens with zero attached hydrogens (tertiary/aromatic N) is 3. The number of rotatable bonds is 5. The first-order valence-corrected chi connectivity index (χ1v) is 12.6. The van der Waals surface area contributed by atoms with Crippen LogP contribution in [0.15, 0.2) is 45.6 Å². The van der Waals surface area contributed by atoms with E-state index in [1.165, 1.54) is 24.4 Å². The van der Waals surface area contributed by atoms with E-state index in [1.807, 2.05) is 17.2 Å². The Bertz CT molecular complexity index is 1050. The molecule has 7 heteroatoms. The summed E-state index contributed by atoms with van der Waals surface area (Å²) in [5.74, 6) is 0.441. The minimum absolute atomic E-state index is 0.138. The van der Waals surface area contributed by atoms with Crippen LogP contribution in [0.1, 0.15) is 62.3 Å². The maximum Gasteiger partial charge on any atom is 0.338 e. The van der Waals surface area contributed by atoms with E-state index in [2.05, 4.69) is 43.9 Å². The van der Waals surface area contributed by atoms with Crippen LogP contribution in [-0.2, 0) is 14.3 Å². The summed E-state index contributed by atoms with van der Waals surface area (Å²) in [6, 6.07) is 5.92. The zero-order valence-corrected chi connectivity index (χ0v) is 21.0. The number of carbonyl (C=O) groups excluding carboxylic acids is 2. The largest absolute Gasteiger partial charge is 0.466 e. The molecule has 1 atom stereocenters. The molecule has 0 spiro atoms. The molecule has 6 nitrogen and oxygen atoms in total. The van der Waals surface area contributed by atoms with Gasteiger partial charge in [-0.15, -0.1) is 0 Å². The maximum atomic E-state index is 13.2. The van der Waals surface area contributed by atoms with Crippen LogP contribution in [0, 0.1) is 19.8 Å². The SMILES string of the molecule is CCC1=C(C(=O)OC)[C@@H](c2ccc(C)cc2C)N2C(CC(=O)N3CCC(C)CC3)=CSC2=N1. The van der Waals surface area contributed by atoms with Gasteiger partial charge in [-0.3, -0.25) is 4.79 Å². The summed E-state index contributed by atoms with van der Waals surface area (Å²) in [5, 5.41) is 2.84. The number of thioether (sulfide) groups is 1. The number of ether oxygens (including phenoxy) is 1. The van der Waals surface area contributed by atoms with Gasteiger partial charge in [-0.1, -0.05) is 49.4 Å². The summed E-state index contributed by atoms with van der Waals surface area (Å²) >= 11 is 1.53. The van der Waals surface area contributed by atoms with Crippen molar-refractivity contribution in [1.29, 1.82) is 0 Å². The Morgan fingerprint density at radius 3 is 2.58 bits per heavy atom. The molecule has 1 saturated heterocycles. The highest BCUT2D eigenvalue weighted by Gasteiger charge is 2.42. The molecule has 4 rings (SSSR count). The number of amidine groups is 1. The predicted molar refractivity (Wildman–Crippen MR) is 133 cm³/mol. The van der Waals surface area contributed by atoms with Crippen LogP contribution in [0.3, 0.4) is 0 Å². The molecule has 1 fully saturated rings. The first-order valence-electron chi connectivity index (χ1n) is 11.7. The molecule has 1 amide bonds. The van der Waals surface area contributed by atoms with Crippen molar-refractivity contribution in [3.8, 4) is 0 Å². The Morgan fingerprint density at radius 2 is 1.94 bits per heavy atom. The lowest BCUT2D eigenvalue weighted by Gasteiger charge is -2.38. The number of esters is 1. The fourth-order valence-corrected chi connectivity index (χ4v) is 5.80. The standard InChI is InChI=1S/C26H33N3O3S/c1-6-21-23(25(31)32-5)24(20-8-7-17(3)13-18(20)4)29-19(15-33-26(29)27-21)14-22(30)28-11-9-16(2)10-12-28/h7-8,13,15-16,24H,6,9-12,14H2,1-5H3/t24-/m1/s1. The van der Waals surface area contributed by atoms with Crippen LogP contribution < -0.4 is 0 Å². The van der Waals surface area contributed by atoms with E-state index in [-0.39, 0.29) is 17.9 Å². The summed E-state index contributed by atoms with van der Waals surface area (Å²) in [5.41, 5.74) is 5.50. The number of likely N-dealkylation sites (tertiary alicyclic amines) is 1. The number of hydrogen-bond acceptors (Lipinski definition) is 6. The van der Waals surface area contributed by atoms with E-state index in [9.17, 15) is 9.59 Å². The van der Waals surface area contributed by atoms with Crippen LogP contribution in [0.2, 0.25) is 0 Å². The molecule has 0 N–H and O–H groups in total. The van der Waals surface area contributed by atoms with Crippen molar-refractivity contribution in [2.45, 2.75) is 59.4 Å². The first-order chi connectivity index (χ1) is 15.8. The van der Waals surface area contributed by atoms with Gasteiger partial charge in [0.15, 0.2) is 5.17 Å². The molecule has 1 aromatic rings. The van der Waals surface area contributed by atoms with E-state index >= 15 is 0 Å². The molecule has 3 aliphatic heterocycles. The molecular weight excluding hydrogens is 434 g/mol. The zero-order chi connectivity index (χ0) is 23.7. The van der Waals surface area contributed by atoms with E-state index in [0.29, 0.717) is 24.3 Å². The Morgan fingerprint density at radius 1 is 1.21 bits per heavy atom. The topological polar surface area (TPSA) is 62.2 Å². The second-order valence-electron chi connectivity index (χ2n) is 9.20. The molecule has 33 heavy (non-hydrogen) atoms. The molecule has 176 valence electrons. The van der Waals surface area contributed by atoms with Gasteiger partial charge in [0.1, 0.15) is 0 Å². The summed E-state index contributed by atoms with van der Waals surface area (Å²) < 4.78 is 5.21. The predicted octanol–water partition coefficient (Wildman–Crippen LogP) is 5.09. The van der Waals surface area contributed by atoms with Gasteiger partial charge in [0.2, 0.25) is 5.91 Å². The highest BCUT2D eigenvalue weighted by molar-refractivity contribution is 8.16. The lowest BCUT2D eigenvalue weighted by molar-refractivity contribution is -0.136. The van der Waals surface area contributed by atoms with E-state index in [1.54, 1.807) is 0 Å². The minimum Gasteiger partial charge on any atom is -0.466 e. The summed E-state index contributed by atoms with van der Waals surface area (Å²) in [4.78, 5) is 35.1. The average Bonchev–Trinajstić information content (AvgIpc) is 3.20. The fraction of sp³-hybridized carbons (Fsp3) is 0.500. The van der Waals surface area contributed by atoms with E-state index in [0.717, 1.165) is 53.6 Å². The molecule has 0 aromatic heterocycles. The lowest BCUT2D eigenvalue weighted by Crippen LogP contribution is -2.41. The van der Waals surface area contributed by atoms with Crippen molar-refractivity contribution >= 4 is 28.8 Å². The number of amides is 1. The first kappa shape index (κ1) is 23.6. The van der Waals surface area contributed by atoms with Crippen LogP contribution in [-0.4, -0.2) is 47.0 Å². The van der Waals surface area contributed by atoms with Gasteiger partial charge in [0.25, 0.3) is 0 Å². The van der Waals surface area contributed by atoms with Crippen LogP contribution in [0.4, 0.5) is 0 Å². The van der Waals surface area contributed by atoms with Gasteiger partial charge in [-0.05, 0) is 55.6 Å². The molecule has 0 saturated carbocycles. The Kier molecular flexibility index (Phi) is 6.98. The van der Waals surface area contributed by atoms with Crippen molar-refractivity contribution < 1.29 is 14.3 Å². The summed E-state index contributed by atoms with van der Waals surface area (Å²) in [7, 11) is 1.41. The molecular formula is C26H33N3O3S. The average molecular weight is 468 g/mol. The van der Waals surface area contributed by atoms with Crippen LogP contribution in [0.25, 0.3) is 0 Å². The number of aryl methyl sites for hydroxylation is 2. The second-order valence-corrected chi connectivity index (χ2v) is 10.0. The number of methoxy groups -OCH3 is 1. The van der Waals surface area contributed by atoms with Gasteiger partial charge in [-0.2, -0.15) is 0 Å². The van der Waals surface area contributed by atoms with Gasteiger partial charge >= 0.3 is 5.97 Å². The van der Waals surface area contributed by atoms with Gasteiger partial charge in [-0.25, -0.2) is 9.79 Å². The van der Waals surface area contributed by atoms with Gasteiger partial charge < -0.3 is 14.5 Å². The van der Waals surface area contributed by atoms with Crippen LogP contribution >= 0.6 is 11.8 Å². The lowest BCUT2D eigenvalue weighted by atomic mass is 9.89. The summed E-state index contributed by atoms with van der Waals surface area (Å²) in [6.07, 6.45) is 3.04. The maximum absolute atomic E-state index is 13.2. The van der Waals surface area contributed by atoms with Crippen molar-refractivity contribution in [3.63, 3.8) is 0 Å². The number of allylic oxidation sites excluding steroid dienone is 1. The zero-order valence-electron chi connectivity index (χ0n) is 20.2. The normalized spacial score (nSPS) is 21.1. The number of benzene rings is 1. The molecule has 3 heterocycles. The third-order valence-electron chi connectivity index (χ3n) is 6.82. The smallest absolute Gasteiger partial charge is 0.338 e. The van der Waals surface area contributed by atoms with E-state index < -0.39 is 0 Å². The number of fused-ring (bicyclic) bond motifs is 1. The number of aliphatic imine (C=N–C) groups is 1. The van der Waals surface area contributed by atoms with Gasteiger partial charge in [0.05, 0.1) is 30.8 Å². The molecule has 0 radical (unpaired) electrons. The molecule has 0 unspecified atom stereocenters. The fourth-order valence-electron chi connectivity index (χ4n) is 4.86. The second kappa shape index (κ2) is 9.75. The monoisotopic (exact) mass is 467 g/mol. The van der Waals surface area contributed by atoms with Crippen LogP contribution in [0.5, 0.6) is 0 Å². The third-order valence-corrected chi connectivity index (χ3v) is 7.71. The highest BCUT2D eigenvalue weighted by Crippen LogP contribution is 2.46. The Hall–Kier alpha value is -2.54. The quantitative estimate of drug-likeness (QED) is 0.565. The van der Waals surface area contributed by atoms with Crippen molar-refractivity contribution in [3.05, 3.63) is 57.3 Å². The van der Waals surface area contributed by atoms with Gasteiger partial charge in [0, 0.05) is 18.8 Å². The molecule has 0 bridgehead atoms. The minimum atomic E-state index is -0.368. The number of piperidine rings is 1. The molecule has 0 aliphatic carbocycles. The van der Waals surface area contributed by atoms with Crippen molar-refractivity contribution in [2.24, 2.45) is 10.9 Å².